The van der Waals surface area contributed by atoms with Crippen molar-refractivity contribution in [2.75, 3.05) is 10.2 Å². The quantitative estimate of drug-likeness (QED) is 0.547. The molecule has 4 rings (SSSR count). The van der Waals surface area contributed by atoms with Crippen LogP contribution >= 0.6 is 11.8 Å². The molecule has 0 aromatic heterocycles. The van der Waals surface area contributed by atoms with E-state index in [0.717, 1.165) is 40.9 Å². The number of hydrogen-bond acceptors (Lipinski definition) is 5. The molecule has 0 radical (unpaired) electrons. The van der Waals surface area contributed by atoms with Crippen LogP contribution in [0.2, 0.25) is 0 Å². The number of nitrogens with one attached hydrogen (secondary N) is 1. The van der Waals surface area contributed by atoms with E-state index in [1.165, 1.54) is 24.3 Å². The van der Waals surface area contributed by atoms with Gasteiger partial charge in [-0.25, -0.2) is 8.78 Å². The molecule has 1 fully saturated rings. The second kappa shape index (κ2) is 9.74. The molecule has 2 amide bonds. The van der Waals surface area contributed by atoms with Crippen molar-refractivity contribution in [1.29, 1.82) is 0 Å². The molecular weight excluding hydrogens is 484 g/mol. The first-order valence-electron chi connectivity index (χ1n) is 9.94. The fourth-order valence-corrected chi connectivity index (χ4v) is 5.49. The molecule has 0 saturated carbocycles. The van der Waals surface area contributed by atoms with E-state index in [2.05, 4.69) is 9.71 Å². The van der Waals surface area contributed by atoms with Gasteiger partial charge in [-0.15, -0.1) is 4.40 Å². The van der Waals surface area contributed by atoms with Gasteiger partial charge in [-0.3, -0.25) is 14.5 Å². The van der Waals surface area contributed by atoms with Crippen molar-refractivity contribution in [2.45, 2.75) is 16.6 Å². The van der Waals surface area contributed by atoms with Crippen LogP contribution in [-0.2, 0) is 19.6 Å². The highest BCUT2D eigenvalue weighted by atomic mass is 32.2. The van der Waals surface area contributed by atoms with Gasteiger partial charge >= 0.3 is 0 Å². The Hall–Kier alpha value is -3.57. The predicted octanol–water partition coefficient (Wildman–Crippen LogP) is 4.19. The molecule has 1 unspecified atom stereocenters. The lowest BCUT2D eigenvalue weighted by atomic mass is 10.2. The number of carbonyl (C=O) groups excluding carboxylic acids is 2. The molecule has 174 valence electrons. The number of amides is 2. The minimum atomic E-state index is -4.26. The third-order valence-corrected chi connectivity index (χ3v) is 7.29. The van der Waals surface area contributed by atoms with Gasteiger partial charge in [-0.2, -0.15) is 8.42 Å². The van der Waals surface area contributed by atoms with Gasteiger partial charge in [0.15, 0.2) is 5.17 Å². The summed E-state index contributed by atoms with van der Waals surface area (Å²) in [6, 6.07) is 17.6. The second-order valence-corrected chi connectivity index (χ2v) is 9.95. The van der Waals surface area contributed by atoms with Crippen molar-refractivity contribution in [3.63, 3.8) is 0 Å². The maximum atomic E-state index is 13.2. The van der Waals surface area contributed by atoms with Crippen molar-refractivity contribution in [3.8, 4) is 0 Å². The summed E-state index contributed by atoms with van der Waals surface area (Å²) in [5.41, 5.74) is 0.740. The third kappa shape index (κ3) is 5.32. The molecule has 11 heteroatoms. The lowest BCUT2D eigenvalue weighted by Crippen LogP contribution is -2.33. The molecule has 1 saturated heterocycles. The van der Waals surface area contributed by atoms with Crippen LogP contribution in [-0.4, -0.2) is 30.6 Å². The zero-order valence-electron chi connectivity index (χ0n) is 17.4. The number of anilines is 2. The number of rotatable bonds is 6. The smallest absolute Gasteiger partial charge is 0.284 e. The molecule has 1 aliphatic heterocycles. The lowest BCUT2D eigenvalue weighted by molar-refractivity contribution is -0.121. The Labute approximate surface area is 198 Å². The van der Waals surface area contributed by atoms with E-state index in [1.54, 1.807) is 30.3 Å². The topological polar surface area (TPSA) is 95.9 Å². The van der Waals surface area contributed by atoms with Crippen molar-refractivity contribution in [3.05, 3.63) is 90.5 Å². The van der Waals surface area contributed by atoms with E-state index >= 15 is 0 Å². The number of sulfonamides is 1. The predicted molar refractivity (Wildman–Crippen MR) is 126 cm³/mol. The van der Waals surface area contributed by atoms with Gasteiger partial charge in [0.2, 0.25) is 11.8 Å². The molecule has 34 heavy (non-hydrogen) atoms. The van der Waals surface area contributed by atoms with Crippen LogP contribution < -0.4 is 10.2 Å². The van der Waals surface area contributed by atoms with Gasteiger partial charge in [0.05, 0.1) is 10.6 Å². The Bertz CT molecular complexity index is 1350. The Balaban J connectivity index is 1.61. The van der Waals surface area contributed by atoms with Crippen LogP contribution in [0.3, 0.4) is 0 Å². The van der Waals surface area contributed by atoms with Crippen LogP contribution in [0, 0.1) is 11.6 Å². The van der Waals surface area contributed by atoms with Gasteiger partial charge in [0.1, 0.15) is 16.9 Å². The number of hydrogen-bond donors (Lipinski definition) is 1. The number of thioether (sulfide) groups is 1. The fourth-order valence-electron chi connectivity index (χ4n) is 3.15. The molecule has 1 heterocycles. The number of nitrogens with zero attached hydrogens (tertiary/aromatic N) is 2. The van der Waals surface area contributed by atoms with E-state index in [4.69, 9.17) is 0 Å². The van der Waals surface area contributed by atoms with Gasteiger partial charge < -0.3 is 5.32 Å². The molecule has 7 nitrogen and oxygen atoms in total. The molecule has 0 spiro atoms. The van der Waals surface area contributed by atoms with Gasteiger partial charge in [-0.05, 0) is 60.7 Å². The summed E-state index contributed by atoms with van der Waals surface area (Å²) in [7, 11) is -4.26. The molecule has 1 aliphatic rings. The first-order chi connectivity index (χ1) is 16.2. The Morgan fingerprint density at radius 1 is 0.941 bits per heavy atom. The van der Waals surface area contributed by atoms with Crippen LogP contribution in [0.25, 0.3) is 0 Å². The van der Waals surface area contributed by atoms with Crippen LogP contribution in [0.5, 0.6) is 0 Å². The summed E-state index contributed by atoms with van der Waals surface area (Å²) in [5.74, 6) is -2.08. The third-order valence-electron chi connectivity index (χ3n) is 4.76. The first-order valence-corrected chi connectivity index (χ1v) is 12.3. The van der Waals surface area contributed by atoms with E-state index < -0.39 is 38.7 Å². The number of amidine groups is 1. The summed E-state index contributed by atoms with van der Waals surface area (Å²) in [6.07, 6.45) is -0.264. The highest BCUT2D eigenvalue weighted by Crippen LogP contribution is 2.35. The molecule has 3 aromatic carbocycles. The number of para-hydroxylation sites is 1. The highest BCUT2D eigenvalue weighted by molar-refractivity contribution is 8.16. The Kier molecular flexibility index (Phi) is 6.75. The number of halogens is 2. The normalized spacial score (nSPS) is 17.2. The van der Waals surface area contributed by atoms with Gasteiger partial charge in [0, 0.05) is 12.1 Å². The van der Waals surface area contributed by atoms with Crippen LogP contribution in [0.15, 0.2) is 88.2 Å². The molecule has 1 atom stereocenters. The van der Waals surface area contributed by atoms with E-state index in [1.807, 2.05) is 0 Å². The standard InChI is InChI=1S/C23H17F2N3O4S2/c24-15-6-10-17(11-7-15)26-21(29)14-20-22(30)28(18-4-2-1-3-5-18)23(33-20)27-34(31,32)19-12-8-16(25)9-13-19/h1-13,20H,14H2,(H,26,29). The monoisotopic (exact) mass is 501 g/mol. The Morgan fingerprint density at radius 3 is 2.15 bits per heavy atom. The van der Waals surface area contributed by atoms with E-state index in [-0.39, 0.29) is 16.5 Å². The maximum Gasteiger partial charge on any atom is 0.284 e. The molecular formula is C23H17F2N3O4S2. The van der Waals surface area contributed by atoms with Crippen molar-refractivity contribution in [2.24, 2.45) is 4.40 Å². The average Bonchev–Trinajstić information content (AvgIpc) is 3.10. The molecule has 3 aromatic rings. The van der Waals surface area contributed by atoms with E-state index in [9.17, 15) is 26.8 Å². The fraction of sp³-hybridized carbons (Fsp3) is 0.0870. The van der Waals surface area contributed by atoms with E-state index in [0.29, 0.717) is 11.4 Å². The average molecular weight is 502 g/mol. The molecule has 0 aliphatic carbocycles. The summed E-state index contributed by atoms with van der Waals surface area (Å²) < 4.78 is 55.7. The first kappa shape index (κ1) is 23.6. The summed E-state index contributed by atoms with van der Waals surface area (Å²) >= 11 is 0.840. The summed E-state index contributed by atoms with van der Waals surface area (Å²) in [4.78, 5) is 26.6. The molecule has 1 N–H and O–H groups in total. The van der Waals surface area contributed by atoms with Crippen LogP contribution in [0.4, 0.5) is 20.2 Å². The number of benzene rings is 3. The van der Waals surface area contributed by atoms with Crippen molar-refractivity contribution < 1.29 is 26.8 Å². The summed E-state index contributed by atoms with van der Waals surface area (Å²) in [6.45, 7) is 0. The lowest BCUT2D eigenvalue weighted by Gasteiger charge is -2.16. The summed E-state index contributed by atoms with van der Waals surface area (Å²) in [5, 5.41) is 1.52. The zero-order chi connectivity index (χ0) is 24.3. The SMILES string of the molecule is O=C(CC1SC(=NS(=O)(=O)c2ccc(F)cc2)N(c2ccccc2)C1=O)Nc1ccc(F)cc1. The van der Waals surface area contributed by atoms with Crippen molar-refractivity contribution in [1.82, 2.24) is 0 Å². The highest BCUT2D eigenvalue weighted by Gasteiger charge is 2.41. The largest absolute Gasteiger partial charge is 0.326 e. The maximum absolute atomic E-state index is 13.2. The minimum Gasteiger partial charge on any atom is -0.326 e. The Morgan fingerprint density at radius 2 is 1.53 bits per heavy atom. The number of carbonyl (C=O) groups is 2. The van der Waals surface area contributed by atoms with Crippen LogP contribution in [0.1, 0.15) is 6.42 Å². The minimum absolute atomic E-state index is 0.125. The molecule has 0 bridgehead atoms. The van der Waals surface area contributed by atoms with Gasteiger partial charge in [-0.1, -0.05) is 30.0 Å². The zero-order valence-corrected chi connectivity index (χ0v) is 19.0. The van der Waals surface area contributed by atoms with Crippen molar-refractivity contribution >= 4 is 50.1 Å². The van der Waals surface area contributed by atoms with Gasteiger partial charge in [0.25, 0.3) is 10.0 Å². The second-order valence-electron chi connectivity index (χ2n) is 7.18.